The highest BCUT2D eigenvalue weighted by Crippen LogP contribution is 2.18. The summed E-state index contributed by atoms with van der Waals surface area (Å²) >= 11 is 0. The Balaban J connectivity index is 4.56. The molecule has 3 N–H and O–H groups in total. The second-order valence-electron chi connectivity index (χ2n) is 19.0. The van der Waals surface area contributed by atoms with Crippen molar-refractivity contribution in [2.24, 2.45) is 0 Å². The number of allylic oxidation sites excluding steroid dienone is 10. The van der Waals surface area contributed by atoms with Crippen molar-refractivity contribution in [1.82, 2.24) is 5.32 Å². The van der Waals surface area contributed by atoms with Gasteiger partial charge in [-0.15, -0.1) is 0 Å². The zero-order chi connectivity index (χ0) is 47.4. The van der Waals surface area contributed by atoms with Crippen LogP contribution in [0.5, 0.6) is 0 Å². The van der Waals surface area contributed by atoms with E-state index in [9.17, 15) is 19.8 Å². The third-order valence-corrected chi connectivity index (χ3v) is 12.7. The maximum absolute atomic E-state index is 13.2. The van der Waals surface area contributed by atoms with E-state index in [1.807, 2.05) is 24.3 Å². The average Bonchev–Trinajstić information content (AvgIpc) is 3.30. The summed E-state index contributed by atoms with van der Waals surface area (Å²) in [6, 6.07) is -0.717. The second-order valence-corrected chi connectivity index (χ2v) is 19.0. The Morgan fingerprint density at radius 2 is 0.846 bits per heavy atom. The smallest absolute Gasteiger partial charge is 0.306 e. The fourth-order valence-electron chi connectivity index (χ4n) is 8.44. The number of unbranched alkanes of at least 4 members (excludes halogenated alkanes) is 31. The molecule has 0 aromatic heterocycles. The van der Waals surface area contributed by atoms with Crippen LogP contribution in [0.4, 0.5) is 0 Å². The fraction of sp³-hybridized carbons (Fsp3) is 0.797. The molecule has 0 aliphatic rings. The number of ether oxygens (including phenoxy) is 1. The molecule has 0 aromatic carbocycles. The lowest BCUT2D eigenvalue weighted by Gasteiger charge is -2.24. The zero-order valence-corrected chi connectivity index (χ0v) is 43.1. The highest BCUT2D eigenvalue weighted by atomic mass is 16.5. The van der Waals surface area contributed by atoms with Crippen LogP contribution in [-0.2, 0) is 14.3 Å². The molecule has 0 heterocycles. The van der Waals surface area contributed by atoms with Crippen molar-refractivity contribution in [1.29, 1.82) is 0 Å². The summed E-state index contributed by atoms with van der Waals surface area (Å²) in [6.07, 6.45) is 65.7. The average molecular weight is 911 g/mol. The van der Waals surface area contributed by atoms with Gasteiger partial charge in [0.25, 0.3) is 0 Å². The van der Waals surface area contributed by atoms with E-state index >= 15 is 0 Å². The summed E-state index contributed by atoms with van der Waals surface area (Å²) in [5, 5.41) is 23.8. The van der Waals surface area contributed by atoms with Crippen LogP contribution in [0.3, 0.4) is 0 Å². The van der Waals surface area contributed by atoms with E-state index in [0.717, 1.165) is 70.6 Å². The molecular formula is C59H107NO5. The molecule has 0 saturated heterocycles. The molecule has 6 heteroatoms. The number of hydrogen-bond acceptors (Lipinski definition) is 5. The van der Waals surface area contributed by atoms with Gasteiger partial charge in [0.1, 0.15) is 6.10 Å². The van der Waals surface area contributed by atoms with Crippen LogP contribution in [0.1, 0.15) is 278 Å². The first-order valence-corrected chi connectivity index (χ1v) is 28.1. The van der Waals surface area contributed by atoms with E-state index in [1.54, 1.807) is 0 Å². The Hall–Kier alpha value is -2.44. The minimum atomic E-state index is -0.801. The number of carbonyl (C=O) groups is 2. The number of hydrogen-bond donors (Lipinski definition) is 3. The van der Waals surface area contributed by atoms with Gasteiger partial charge in [0, 0.05) is 6.42 Å². The second kappa shape index (κ2) is 52.5. The van der Waals surface area contributed by atoms with Crippen molar-refractivity contribution in [3.05, 3.63) is 60.8 Å². The summed E-state index contributed by atoms with van der Waals surface area (Å²) < 4.78 is 5.93. The van der Waals surface area contributed by atoms with Gasteiger partial charge in [0.2, 0.25) is 5.91 Å². The van der Waals surface area contributed by atoms with Crippen molar-refractivity contribution < 1.29 is 24.5 Å². The Labute approximate surface area is 403 Å². The SMILES string of the molecule is CC/C=C/C=C/C=C/C=C\CCCCCC(CC(=O)NC(CO)C(O)CCCCCCCCCCCCCCCCCC)OC(=O)CCCCCCCCC/C=C/CCCCCCCC. The molecule has 0 fully saturated rings. The summed E-state index contributed by atoms with van der Waals surface area (Å²) in [4.78, 5) is 26.2. The quantitative estimate of drug-likeness (QED) is 0.0245. The number of aliphatic hydroxyl groups is 2. The van der Waals surface area contributed by atoms with Crippen LogP contribution in [0.15, 0.2) is 60.8 Å². The molecule has 0 saturated carbocycles. The van der Waals surface area contributed by atoms with Crippen LogP contribution in [-0.4, -0.2) is 46.9 Å². The van der Waals surface area contributed by atoms with Gasteiger partial charge < -0.3 is 20.3 Å². The van der Waals surface area contributed by atoms with Gasteiger partial charge in [0.05, 0.1) is 25.2 Å². The third-order valence-electron chi connectivity index (χ3n) is 12.7. The minimum absolute atomic E-state index is 0.0495. The van der Waals surface area contributed by atoms with Gasteiger partial charge in [-0.1, -0.05) is 255 Å². The molecule has 0 aliphatic carbocycles. The van der Waals surface area contributed by atoms with Crippen LogP contribution < -0.4 is 5.32 Å². The number of amides is 1. The van der Waals surface area contributed by atoms with E-state index in [-0.39, 0.29) is 24.9 Å². The molecule has 378 valence electrons. The van der Waals surface area contributed by atoms with E-state index in [0.29, 0.717) is 19.3 Å². The van der Waals surface area contributed by atoms with Crippen LogP contribution in [0.25, 0.3) is 0 Å². The Bertz CT molecular complexity index is 1160. The lowest BCUT2D eigenvalue weighted by molar-refractivity contribution is -0.151. The Morgan fingerprint density at radius 1 is 0.462 bits per heavy atom. The van der Waals surface area contributed by atoms with E-state index in [4.69, 9.17) is 4.74 Å². The summed E-state index contributed by atoms with van der Waals surface area (Å²) in [7, 11) is 0. The summed E-state index contributed by atoms with van der Waals surface area (Å²) in [5.41, 5.74) is 0. The standard InChI is InChI=1S/C59H107NO5/c1-4-7-10-13-16-19-22-25-27-29-31-34-37-40-43-46-49-52-59(64)65-55(50-47-44-41-38-35-32-24-21-18-15-12-9-6-3)53-58(63)60-56(54-61)57(62)51-48-45-42-39-36-33-30-28-26-23-20-17-14-11-8-5-2/h9,12,15,18,21,24-25,27,32,35,55-57,61-62H,4-8,10-11,13-14,16-17,19-20,22-23,26,28-31,33-34,36-54H2,1-3H3,(H,60,63)/b12-9+,18-15+,24-21+,27-25+,35-32-. The van der Waals surface area contributed by atoms with Crippen molar-refractivity contribution in [3.63, 3.8) is 0 Å². The maximum atomic E-state index is 13.2. The molecule has 1 amide bonds. The van der Waals surface area contributed by atoms with Gasteiger partial charge in [-0.25, -0.2) is 0 Å². The first-order valence-electron chi connectivity index (χ1n) is 28.1. The Kier molecular flexibility index (Phi) is 50.6. The van der Waals surface area contributed by atoms with Gasteiger partial charge in [0.15, 0.2) is 0 Å². The molecule has 3 atom stereocenters. The van der Waals surface area contributed by atoms with Gasteiger partial charge >= 0.3 is 5.97 Å². The molecule has 3 unspecified atom stereocenters. The number of rotatable bonds is 50. The van der Waals surface area contributed by atoms with Gasteiger partial charge in [-0.3, -0.25) is 9.59 Å². The minimum Gasteiger partial charge on any atom is -0.462 e. The van der Waals surface area contributed by atoms with E-state index in [1.165, 1.54) is 161 Å². The van der Waals surface area contributed by atoms with Gasteiger partial charge in [-0.2, -0.15) is 0 Å². The third kappa shape index (κ3) is 47.8. The molecule has 6 nitrogen and oxygen atoms in total. The molecule has 0 aliphatic heterocycles. The topological polar surface area (TPSA) is 95.9 Å². The number of esters is 1. The van der Waals surface area contributed by atoms with Gasteiger partial charge in [-0.05, 0) is 70.6 Å². The van der Waals surface area contributed by atoms with Crippen molar-refractivity contribution in [2.75, 3.05) is 6.61 Å². The maximum Gasteiger partial charge on any atom is 0.306 e. The predicted octanol–water partition coefficient (Wildman–Crippen LogP) is 17.2. The highest BCUT2D eigenvalue weighted by molar-refractivity contribution is 5.77. The van der Waals surface area contributed by atoms with Crippen LogP contribution in [0.2, 0.25) is 0 Å². The normalized spacial score (nSPS) is 13.6. The summed E-state index contributed by atoms with van der Waals surface area (Å²) in [6.45, 7) is 6.35. The lowest BCUT2D eigenvalue weighted by atomic mass is 10.0. The largest absolute Gasteiger partial charge is 0.462 e. The monoisotopic (exact) mass is 910 g/mol. The molecule has 0 spiro atoms. The zero-order valence-electron chi connectivity index (χ0n) is 43.1. The number of aliphatic hydroxyl groups excluding tert-OH is 2. The van der Waals surface area contributed by atoms with Crippen molar-refractivity contribution in [2.45, 2.75) is 296 Å². The fourth-order valence-corrected chi connectivity index (χ4v) is 8.44. The first kappa shape index (κ1) is 62.6. The molecule has 65 heavy (non-hydrogen) atoms. The van der Waals surface area contributed by atoms with Crippen molar-refractivity contribution in [3.8, 4) is 0 Å². The highest BCUT2D eigenvalue weighted by Gasteiger charge is 2.24. The van der Waals surface area contributed by atoms with E-state index in [2.05, 4.69) is 62.5 Å². The molecule has 0 radical (unpaired) electrons. The number of nitrogens with one attached hydrogen (secondary N) is 1. The van der Waals surface area contributed by atoms with E-state index < -0.39 is 18.2 Å². The van der Waals surface area contributed by atoms with Crippen LogP contribution in [0, 0.1) is 0 Å². The molecule has 0 bridgehead atoms. The first-order chi connectivity index (χ1) is 32.0. The molecule has 0 rings (SSSR count). The molecular weight excluding hydrogens is 803 g/mol. The number of carbonyl (C=O) groups excluding carboxylic acids is 2. The summed E-state index contributed by atoms with van der Waals surface area (Å²) in [5.74, 6) is -0.512. The van der Waals surface area contributed by atoms with Crippen LogP contribution >= 0.6 is 0 Å². The van der Waals surface area contributed by atoms with Crippen molar-refractivity contribution >= 4 is 11.9 Å². The predicted molar refractivity (Wildman–Crippen MR) is 282 cm³/mol. The molecule has 0 aromatic rings. The lowest BCUT2D eigenvalue weighted by Crippen LogP contribution is -2.46. The Morgan fingerprint density at radius 3 is 1.32 bits per heavy atom.